The minimum atomic E-state index is -0.536. The van der Waals surface area contributed by atoms with Crippen LogP contribution in [0.15, 0.2) is 214 Å². The smallest absolute Gasteiger partial charge is 0.348 e. The molecule has 1 N–H and O–H groups in total. The second kappa shape index (κ2) is 29.7. The number of aryl methyl sites for hydroxylation is 2. The highest BCUT2D eigenvalue weighted by Crippen LogP contribution is 2.31. The van der Waals surface area contributed by atoms with Crippen LogP contribution in [0.2, 0.25) is 0 Å². The van der Waals surface area contributed by atoms with Crippen LogP contribution in [0.25, 0.3) is 67.4 Å². The maximum Gasteiger partial charge on any atom is 0.348 e. The molecule has 478 valence electrons. The summed E-state index contributed by atoms with van der Waals surface area (Å²) < 4.78 is 51.3. The van der Waals surface area contributed by atoms with E-state index >= 15 is 0 Å². The summed E-state index contributed by atoms with van der Waals surface area (Å²) in [5.41, 5.74) is 4.05. The van der Waals surface area contributed by atoms with E-state index in [9.17, 15) is 19.2 Å². The Morgan fingerprint density at radius 1 is 0.432 bits per heavy atom. The first kappa shape index (κ1) is 63.5. The van der Waals surface area contributed by atoms with Crippen molar-refractivity contribution in [1.29, 1.82) is 0 Å². The van der Waals surface area contributed by atoms with Gasteiger partial charge in [0.25, 0.3) is 17.0 Å². The molecule has 0 amide bonds. The van der Waals surface area contributed by atoms with Gasteiger partial charge in [-0.05, 0) is 98.8 Å². The van der Waals surface area contributed by atoms with Crippen LogP contribution < -0.4 is 46.2 Å². The number of aromatic amines is 1. The van der Waals surface area contributed by atoms with E-state index in [0.29, 0.717) is 97.0 Å². The van der Waals surface area contributed by atoms with E-state index in [1.165, 1.54) is 15.5 Å². The first-order valence-corrected chi connectivity index (χ1v) is 28.8. The van der Waals surface area contributed by atoms with Crippen molar-refractivity contribution in [2.24, 2.45) is 0 Å². The van der Waals surface area contributed by atoms with E-state index < -0.39 is 11.2 Å². The number of hydrogen-bond donors (Lipinski definition) is 1. The largest absolute Gasteiger partial charge is 0.496 e. The number of hydrogen-bond acceptors (Lipinski definition) is 25. The maximum atomic E-state index is 12.6. The fraction of sp³-hybridized carbons (Fsp3) is 0.152. The molecular weight excluding hydrogens is 1220 g/mol. The number of nitrogens with zero attached hydrogens (tertiary/aromatic N) is 15. The lowest BCUT2D eigenvalue weighted by molar-refractivity contribution is 0.227. The number of methoxy groups -OCH3 is 4. The van der Waals surface area contributed by atoms with Gasteiger partial charge in [0.2, 0.25) is 41.0 Å². The van der Waals surface area contributed by atoms with Gasteiger partial charge in [0.05, 0.1) is 78.8 Å². The van der Waals surface area contributed by atoms with Crippen molar-refractivity contribution in [3.8, 4) is 74.6 Å². The third kappa shape index (κ3) is 15.2. The van der Waals surface area contributed by atoms with E-state index in [0.717, 1.165) is 27.0 Å². The fourth-order valence-electron chi connectivity index (χ4n) is 9.27. The van der Waals surface area contributed by atoms with Gasteiger partial charge < -0.3 is 46.8 Å². The molecule has 14 aromatic rings. The number of H-pyrrole nitrogens is 1. The molecule has 8 aromatic heterocycles. The van der Waals surface area contributed by atoms with Crippen molar-refractivity contribution < 1.29 is 41.8 Å². The lowest BCUT2D eigenvalue weighted by atomic mass is 10.2. The summed E-state index contributed by atoms with van der Waals surface area (Å²) in [7, 11) is 6.31. The van der Waals surface area contributed by atoms with Gasteiger partial charge in [-0.1, -0.05) is 93.4 Å². The van der Waals surface area contributed by atoms with Gasteiger partial charge >= 0.3 is 17.4 Å². The molecule has 0 fully saturated rings. The lowest BCUT2D eigenvalue weighted by Crippen LogP contribution is -2.35. The van der Waals surface area contributed by atoms with Crippen molar-refractivity contribution in [3.63, 3.8) is 0 Å². The highest BCUT2D eigenvalue weighted by Gasteiger charge is 2.19. The molecule has 29 heteroatoms. The second-order valence-corrected chi connectivity index (χ2v) is 20.2. The van der Waals surface area contributed by atoms with Gasteiger partial charge in [0.1, 0.15) is 42.6 Å². The molecule has 0 atom stereocenters. The highest BCUT2D eigenvalue weighted by atomic mass is 16.5. The molecule has 0 radical (unpaired) electrons. The molecule has 0 aliphatic rings. The van der Waals surface area contributed by atoms with Crippen LogP contribution in [-0.4, -0.2) is 108 Å². The summed E-state index contributed by atoms with van der Waals surface area (Å²) in [6.07, 6.45) is 4.76. The van der Waals surface area contributed by atoms with Crippen LogP contribution in [0, 0.1) is 13.8 Å². The Hall–Kier alpha value is -13.1. The Morgan fingerprint density at radius 2 is 0.874 bits per heavy atom. The first-order valence-electron chi connectivity index (χ1n) is 28.8. The maximum absolute atomic E-state index is 12.6. The Morgan fingerprint density at radius 3 is 1.39 bits per heavy atom. The third-order valence-corrected chi connectivity index (χ3v) is 13.9. The minimum Gasteiger partial charge on any atom is -0.496 e. The zero-order valence-electron chi connectivity index (χ0n) is 51.6. The Kier molecular flexibility index (Phi) is 19.8. The summed E-state index contributed by atoms with van der Waals surface area (Å²) in [5, 5.41) is 16.7. The molecule has 6 aromatic carbocycles. The van der Waals surface area contributed by atoms with Crippen molar-refractivity contribution in [3.05, 3.63) is 253 Å². The topological polar surface area (TPSA) is 352 Å². The van der Waals surface area contributed by atoms with Gasteiger partial charge in [0, 0.05) is 23.8 Å². The zero-order chi connectivity index (χ0) is 66.2. The minimum absolute atomic E-state index is 0.103. The monoisotopic (exact) mass is 1280 g/mol. The first-order chi connectivity index (χ1) is 46.4. The molecule has 29 nitrogen and oxygen atoms in total. The van der Waals surface area contributed by atoms with Gasteiger partial charge in [0.15, 0.2) is 6.61 Å². The predicted molar refractivity (Wildman–Crippen MR) is 342 cm³/mol. The average Bonchev–Trinajstić information content (AvgIpc) is 1.58. The summed E-state index contributed by atoms with van der Waals surface area (Å²) in [4.78, 5) is 85.3. The Balaban J connectivity index is 0.000000129. The van der Waals surface area contributed by atoms with E-state index in [1.54, 1.807) is 108 Å². The Bertz CT molecular complexity index is 5210. The fourth-order valence-corrected chi connectivity index (χ4v) is 9.27. The van der Waals surface area contributed by atoms with Gasteiger partial charge in [-0.25, -0.2) is 24.5 Å². The number of ether oxygens (including phenoxy) is 5. The SMILES string of the molecule is COc1ccccc1-c1noc(COc2nccc(C)n2)n1.COc1ccccc1-c1noc(Cn2c(=O)[nH]c3ccccc3c2=O)n1.COc1ccccc1-c1noc(Cn2ccc(C)nc2=O)n1.COc1ccccc1-c1noc(Cn2cnc3ccccc3c2=O)n1. The number of nitrogens with one attached hydrogen (secondary N) is 1. The van der Waals surface area contributed by atoms with E-state index in [-0.39, 0.29) is 49.4 Å². The molecule has 8 heterocycles. The molecular formula is C66H56N16O13. The van der Waals surface area contributed by atoms with E-state index in [1.807, 2.05) is 104 Å². The third-order valence-electron chi connectivity index (χ3n) is 13.9. The highest BCUT2D eigenvalue weighted by molar-refractivity contribution is 5.78. The quantitative estimate of drug-likeness (QED) is 0.0893. The van der Waals surface area contributed by atoms with E-state index in [4.69, 9.17) is 41.8 Å². The summed E-state index contributed by atoms with van der Waals surface area (Å²) in [5.74, 6) is 5.31. The average molecular weight is 1280 g/mol. The lowest BCUT2D eigenvalue weighted by Gasteiger charge is -2.04. The normalized spacial score (nSPS) is 10.8. The number of aromatic nitrogens is 16. The summed E-state index contributed by atoms with van der Waals surface area (Å²) in [6.45, 7) is 3.93. The van der Waals surface area contributed by atoms with Gasteiger partial charge in [-0.2, -0.15) is 24.9 Å². The predicted octanol–water partition coefficient (Wildman–Crippen LogP) is 8.38. The van der Waals surface area contributed by atoms with Gasteiger partial charge in [-0.15, -0.1) is 0 Å². The molecule has 0 spiro atoms. The number of benzene rings is 6. The van der Waals surface area contributed by atoms with Gasteiger partial charge in [-0.3, -0.25) is 23.3 Å². The molecule has 95 heavy (non-hydrogen) atoms. The number of rotatable bonds is 17. The molecule has 0 unspecified atom stereocenters. The Labute approximate surface area is 536 Å². The molecule has 0 aliphatic heterocycles. The van der Waals surface area contributed by atoms with Crippen molar-refractivity contribution in [1.82, 2.24) is 79.2 Å². The standard InChI is InChI=1S/C18H14N4O4.C18H14N4O3.2C15H14N4O3/c1-25-14-9-5-3-7-12(14)16-20-15(26-21-16)10-22-17(23)11-6-2-4-8-13(11)19-18(22)24;1-24-15-9-5-3-7-13(15)17-20-16(25-21-17)10-22-11-19-14-8-4-2-6-12(14)18(22)23;1-10-7-8-19(15(20)16-10)9-13-17-14(18-22-13)11-5-3-4-6-12(11)21-2;1-10-7-8-16-15(17-10)21-9-13-18-14(19-22-13)11-5-3-4-6-12(11)20-2/h2-9H,10H2,1H3,(H,19,24);2-9,11H,10H2,1H3;2*3-8H,9H2,1-2H3. The van der Waals surface area contributed by atoms with Crippen molar-refractivity contribution in [2.45, 2.75) is 40.1 Å². The van der Waals surface area contributed by atoms with Crippen molar-refractivity contribution in [2.75, 3.05) is 28.4 Å². The van der Waals surface area contributed by atoms with Crippen LogP contribution in [0.3, 0.4) is 0 Å². The molecule has 0 saturated carbocycles. The molecule has 14 rings (SSSR count). The summed E-state index contributed by atoms with van der Waals surface area (Å²) >= 11 is 0. The van der Waals surface area contributed by atoms with E-state index in [2.05, 4.69) is 65.5 Å². The van der Waals surface area contributed by atoms with Crippen molar-refractivity contribution >= 4 is 21.8 Å². The zero-order valence-corrected chi connectivity index (χ0v) is 51.6. The summed E-state index contributed by atoms with van der Waals surface area (Å²) in [6, 6.07) is 47.3. The molecule has 0 aliphatic carbocycles. The second-order valence-electron chi connectivity index (χ2n) is 20.2. The van der Waals surface area contributed by atoms with Crippen LogP contribution in [0.1, 0.15) is 35.0 Å². The number of fused-ring (bicyclic) bond motifs is 2. The van der Waals surface area contributed by atoms with Crippen LogP contribution in [-0.2, 0) is 26.2 Å². The molecule has 0 bridgehead atoms. The van der Waals surface area contributed by atoms with Crippen LogP contribution >= 0.6 is 0 Å². The van der Waals surface area contributed by atoms with Crippen LogP contribution in [0.4, 0.5) is 0 Å². The number of para-hydroxylation sites is 6. The van der Waals surface area contributed by atoms with Crippen LogP contribution in [0.5, 0.6) is 29.0 Å². The molecule has 0 saturated heterocycles.